The van der Waals surface area contributed by atoms with Crippen molar-refractivity contribution in [3.8, 4) is 5.75 Å². The lowest BCUT2D eigenvalue weighted by Crippen LogP contribution is -2.39. The topological polar surface area (TPSA) is 96.6 Å². The molecule has 1 atom stereocenters. The number of benzene rings is 1. The molecule has 1 heterocycles. The van der Waals surface area contributed by atoms with Crippen LogP contribution in [0.15, 0.2) is 41.9 Å². The molecule has 8 nitrogen and oxygen atoms in total. The van der Waals surface area contributed by atoms with E-state index in [9.17, 15) is 13.9 Å². The maximum atomic E-state index is 12.2. The zero-order chi connectivity index (χ0) is 20.5. The van der Waals surface area contributed by atoms with Crippen molar-refractivity contribution in [1.29, 1.82) is 0 Å². The maximum absolute atomic E-state index is 12.2. The minimum Gasteiger partial charge on any atom is -0.435 e. The third-order valence-corrected chi connectivity index (χ3v) is 3.93. The van der Waals surface area contributed by atoms with Gasteiger partial charge in [0.05, 0.1) is 6.10 Å². The molecule has 0 amide bonds. The molecule has 28 heavy (non-hydrogen) atoms. The molecule has 0 aliphatic heterocycles. The standard InChI is InChI=1S/C18H24F2N6O2/c1-4-9-21-18(23-11-16-25-24-12(2)26(16)3)22-10-15(27)13-5-7-14(8-6-13)28-17(19)20/h4-8,15,17,27H,1,9-11H2,2-3H3,(H2,21,22,23). The van der Waals surface area contributed by atoms with Gasteiger partial charge in [0.25, 0.3) is 0 Å². The lowest BCUT2D eigenvalue weighted by molar-refractivity contribution is -0.0498. The fourth-order valence-corrected chi connectivity index (χ4v) is 2.26. The second kappa shape index (κ2) is 10.4. The number of aliphatic imine (C=N–C) groups is 1. The summed E-state index contributed by atoms with van der Waals surface area (Å²) in [5, 5.41) is 24.4. The smallest absolute Gasteiger partial charge is 0.387 e. The Balaban J connectivity index is 1.96. The third-order valence-electron chi connectivity index (χ3n) is 3.93. The molecule has 10 heteroatoms. The van der Waals surface area contributed by atoms with E-state index in [1.54, 1.807) is 6.08 Å². The lowest BCUT2D eigenvalue weighted by Gasteiger charge is -2.16. The molecule has 0 fully saturated rings. The van der Waals surface area contributed by atoms with Gasteiger partial charge >= 0.3 is 6.61 Å². The van der Waals surface area contributed by atoms with Gasteiger partial charge < -0.3 is 25.0 Å². The van der Waals surface area contributed by atoms with Crippen LogP contribution in [0.2, 0.25) is 0 Å². The van der Waals surface area contributed by atoms with Crippen molar-refractivity contribution in [2.45, 2.75) is 26.2 Å². The number of halogens is 2. The summed E-state index contributed by atoms with van der Waals surface area (Å²) in [6.07, 6.45) is 0.815. The molecule has 0 aliphatic carbocycles. The highest BCUT2D eigenvalue weighted by Gasteiger charge is 2.11. The minimum atomic E-state index is -2.88. The Morgan fingerprint density at radius 1 is 1.32 bits per heavy atom. The Morgan fingerprint density at radius 2 is 2.04 bits per heavy atom. The van der Waals surface area contributed by atoms with E-state index in [2.05, 4.69) is 37.1 Å². The molecule has 1 aromatic heterocycles. The van der Waals surface area contributed by atoms with Crippen molar-refractivity contribution in [1.82, 2.24) is 25.4 Å². The molecule has 0 saturated carbocycles. The number of aryl methyl sites for hydroxylation is 1. The van der Waals surface area contributed by atoms with Crippen LogP contribution in [0.4, 0.5) is 8.78 Å². The van der Waals surface area contributed by atoms with E-state index in [0.717, 1.165) is 5.82 Å². The summed E-state index contributed by atoms with van der Waals surface area (Å²) in [6, 6.07) is 5.82. The van der Waals surface area contributed by atoms with Gasteiger partial charge in [0.15, 0.2) is 11.8 Å². The molecule has 0 spiro atoms. The van der Waals surface area contributed by atoms with Crippen LogP contribution in [-0.4, -0.2) is 45.5 Å². The number of hydrogen-bond acceptors (Lipinski definition) is 5. The lowest BCUT2D eigenvalue weighted by atomic mass is 10.1. The van der Waals surface area contributed by atoms with E-state index < -0.39 is 12.7 Å². The van der Waals surface area contributed by atoms with Gasteiger partial charge in [0.1, 0.15) is 18.1 Å². The van der Waals surface area contributed by atoms with Crippen molar-refractivity contribution < 1.29 is 18.6 Å². The van der Waals surface area contributed by atoms with E-state index in [1.807, 2.05) is 18.5 Å². The van der Waals surface area contributed by atoms with Gasteiger partial charge in [-0.2, -0.15) is 8.78 Å². The summed E-state index contributed by atoms with van der Waals surface area (Å²) in [5.74, 6) is 1.99. The Bertz CT molecular complexity index is 792. The molecule has 1 unspecified atom stereocenters. The minimum absolute atomic E-state index is 0.0350. The number of alkyl halides is 2. The number of rotatable bonds is 9. The van der Waals surface area contributed by atoms with Crippen LogP contribution in [0.25, 0.3) is 0 Å². The van der Waals surface area contributed by atoms with E-state index in [4.69, 9.17) is 0 Å². The van der Waals surface area contributed by atoms with Crippen LogP contribution in [0.1, 0.15) is 23.3 Å². The van der Waals surface area contributed by atoms with Crippen LogP contribution in [0.5, 0.6) is 5.75 Å². The summed E-state index contributed by atoms with van der Waals surface area (Å²) in [5.41, 5.74) is 0.557. The number of ether oxygens (including phenoxy) is 1. The molecular formula is C18H24F2N6O2. The summed E-state index contributed by atoms with van der Waals surface area (Å²) < 4.78 is 30.5. The van der Waals surface area contributed by atoms with Crippen molar-refractivity contribution >= 4 is 5.96 Å². The number of guanidine groups is 1. The maximum Gasteiger partial charge on any atom is 0.387 e. The number of aliphatic hydroxyl groups is 1. The first-order chi connectivity index (χ1) is 13.4. The molecule has 2 aromatic rings. The Morgan fingerprint density at radius 3 is 2.61 bits per heavy atom. The van der Waals surface area contributed by atoms with Gasteiger partial charge in [-0.05, 0) is 24.6 Å². The number of aromatic nitrogens is 3. The Hall–Kier alpha value is -3.01. The second-order valence-corrected chi connectivity index (χ2v) is 5.90. The van der Waals surface area contributed by atoms with Crippen LogP contribution in [-0.2, 0) is 13.6 Å². The number of hydrogen-bond donors (Lipinski definition) is 3. The number of aliphatic hydroxyl groups excluding tert-OH is 1. The van der Waals surface area contributed by atoms with Crippen molar-refractivity contribution in [2.24, 2.45) is 12.0 Å². The van der Waals surface area contributed by atoms with Gasteiger partial charge in [0, 0.05) is 20.1 Å². The van der Waals surface area contributed by atoms with Crippen LogP contribution < -0.4 is 15.4 Å². The predicted molar refractivity (Wildman–Crippen MR) is 101 cm³/mol. The fraction of sp³-hybridized carbons (Fsp3) is 0.389. The van der Waals surface area contributed by atoms with E-state index in [-0.39, 0.29) is 12.3 Å². The van der Waals surface area contributed by atoms with E-state index in [1.165, 1.54) is 24.3 Å². The number of nitrogens with zero attached hydrogens (tertiary/aromatic N) is 4. The first-order valence-corrected chi connectivity index (χ1v) is 8.61. The number of nitrogens with one attached hydrogen (secondary N) is 2. The predicted octanol–water partition coefficient (Wildman–Crippen LogP) is 1.68. The second-order valence-electron chi connectivity index (χ2n) is 5.90. The quantitative estimate of drug-likeness (QED) is 0.340. The Kier molecular flexibility index (Phi) is 7.88. The first kappa shape index (κ1) is 21.3. The van der Waals surface area contributed by atoms with Crippen molar-refractivity contribution in [2.75, 3.05) is 13.1 Å². The fourth-order valence-electron chi connectivity index (χ4n) is 2.26. The molecule has 0 saturated heterocycles. The normalized spacial score (nSPS) is 12.7. The van der Waals surface area contributed by atoms with Gasteiger partial charge in [-0.3, -0.25) is 0 Å². The molecule has 152 valence electrons. The van der Waals surface area contributed by atoms with Crippen molar-refractivity contribution in [3.63, 3.8) is 0 Å². The SMILES string of the molecule is C=CCNC(=NCc1nnc(C)n1C)NCC(O)c1ccc(OC(F)F)cc1. The summed E-state index contributed by atoms with van der Waals surface area (Å²) in [7, 11) is 1.86. The molecule has 2 rings (SSSR count). The average molecular weight is 394 g/mol. The highest BCUT2D eigenvalue weighted by atomic mass is 19.3. The zero-order valence-corrected chi connectivity index (χ0v) is 15.8. The monoisotopic (exact) mass is 394 g/mol. The van der Waals surface area contributed by atoms with Crippen molar-refractivity contribution in [3.05, 3.63) is 54.1 Å². The van der Waals surface area contributed by atoms with Crippen LogP contribution >= 0.6 is 0 Å². The van der Waals surface area contributed by atoms with Gasteiger partial charge in [-0.15, -0.1) is 16.8 Å². The largest absolute Gasteiger partial charge is 0.435 e. The molecule has 1 aromatic carbocycles. The van der Waals surface area contributed by atoms with Gasteiger partial charge in [-0.25, -0.2) is 4.99 Å². The molecule has 3 N–H and O–H groups in total. The summed E-state index contributed by atoms with van der Waals surface area (Å²) in [4.78, 5) is 4.43. The van der Waals surface area contributed by atoms with E-state index in [0.29, 0.717) is 30.4 Å². The van der Waals surface area contributed by atoms with Gasteiger partial charge in [-0.1, -0.05) is 18.2 Å². The third kappa shape index (κ3) is 6.31. The average Bonchev–Trinajstić information content (AvgIpc) is 2.99. The van der Waals surface area contributed by atoms with Crippen LogP contribution in [0, 0.1) is 6.92 Å². The van der Waals surface area contributed by atoms with Gasteiger partial charge in [0.2, 0.25) is 0 Å². The zero-order valence-electron chi connectivity index (χ0n) is 15.8. The summed E-state index contributed by atoms with van der Waals surface area (Å²) in [6.45, 7) is 3.57. The molecule has 0 bridgehead atoms. The summed E-state index contributed by atoms with van der Waals surface area (Å²) >= 11 is 0. The first-order valence-electron chi connectivity index (χ1n) is 8.61. The van der Waals surface area contributed by atoms with E-state index >= 15 is 0 Å². The Labute approximate surface area is 162 Å². The highest BCUT2D eigenvalue weighted by Crippen LogP contribution is 2.19. The molecule has 0 aliphatic rings. The molecule has 0 radical (unpaired) electrons. The highest BCUT2D eigenvalue weighted by molar-refractivity contribution is 5.79. The van der Waals surface area contributed by atoms with Crippen LogP contribution in [0.3, 0.4) is 0 Å². The molecular weight excluding hydrogens is 370 g/mol.